The van der Waals surface area contributed by atoms with Gasteiger partial charge in [0.1, 0.15) is 11.5 Å². The summed E-state index contributed by atoms with van der Waals surface area (Å²) >= 11 is 1.76. The van der Waals surface area contributed by atoms with E-state index in [1.807, 2.05) is 18.2 Å². The molecule has 2 rings (SSSR count). The minimum absolute atomic E-state index is 0. The SMILES string of the molecule is COc1ccc(CNCc2cccs2)c(OC)c1.[Cl-]. The second kappa shape index (κ2) is 8.04. The fourth-order valence-corrected chi connectivity index (χ4v) is 2.41. The largest absolute Gasteiger partial charge is 1.00 e. The van der Waals surface area contributed by atoms with Crippen molar-refractivity contribution in [3.63, 3.8) is 0 Å². The van der Waals surface area contributed by atoms with Gasteiger partial charge >= 0.3 is 0 Å². The van der Waals surface area contributed by atoms with E-state index in [1.165, 1.54) is 4.88 Å². The number of methoxy groups -OCH3 is 2. The lowest BCUT2D eigenvalue weighted by molar-refractivity contribution is -0.00000426. The molecule has 0 unspecified atom stereocenters. The van der Waals surface area contributed by atoms with Crippen LogP contribution in [0, 0.1) is 0 Å². The normalized spacial score (nSPS) is 9.79. The van der Waals surface area contributed by atoms with Gasteiger partial charge in [-0.3, -0.25) is 0 Å². The Labute approximate surface area is 124 Å². The number of benzene rings is 1. The molecule has 0 aliphatic heterocycles. The molecule has 0 aliphatic carbocycles. The maximum absolute atomic E-state index is 5.36. The molecule has 0 radical (unpaired) electrons. The number of ether oxygens (including phenoxy) is 2. The zero-order valence-corrected chi connectivity index (χ0v) is 12.6. The molecule has 104 valence electrons. The van der Waals surface area contributed by atoms with Gasteiger partial charge in [0.2, 0.25) is 0 Å². The molecule has 0 saturated carbocycles. The van der Waals surface area contributed by atoms with E-state index < -0.39 is 0 Å². The highest BCUT2D eigenvalue weighted by Crippen LogP contribution is 2.24. The van der Waals surface area contributed by atoms with Gasteiger partial charge in [0.05, 0.1) is 14.2 Å². The minimum atomic E-state index is 0. The molecule has 0 spiro atoms. The number of thiophene rings is 1. The van der Waals surface area contributed by atoms with Gasteiger partial charge in [0.15, 0.2) is 0 Å². The molecule has 0 saturated heterocycles. The lowest BCUT2D eigenvalue weighted by Gasteiger charge is -2.10. The van der Waals surface area contributed by atoms with Gasteiger partial charge in [-0.2, -0.15) is 0 Å². The van der Waals surface area contributed by atoms with Gasteiger partial charge in [-0.1, -0.05) is 12.1 Å². The lowest BCUT2D eigenvalue weighted by Crippen LogP contribution is -3.00. The maximum atomic E-state index is 5.36. The van der Waals surface area contributed by atoms with Gasteiger partial charge in [-0.25, -0.2) is 0 Å². The Balaban J connectivity index is 0.00000180. The van der Waals surface area contributed by atoms with Crippen LogP contribution in [0.15, 0.2) is 35.7 Å². The van der Waals surface area contributed by atoms with Crippen LogP contribution in [-0.2, 0) is 13.1 Å². The maximum Gasteiger partial charge on any atom is 0.127 e. The van der Waals surface area contributed by atoms with Crippen LogP contribution >= 0.6 is 11.3 Å². The Bertz CT molecular complexity index is 488. The van der Waals surface area contributed by atoms with Gasteiger partial charge < -0.3 is 27.2 Å². The molecule has 1 N–H and O–H groups in total. The molecule has 1 aromatic heterocycles. The molecule has 0 bridgehead atoms. The van der Waals surface area contributed by atoms with Gasteiger partial charge in [-0.15, -0.1) is 11.3 Å². The Morgan fingerprint density at radius 3 is 2.58 bits per heavy atom. The molecule has 1 aromatic carbocycles. The molecule has 1 heterocycles. The van der Waals surface area contributed by atoms with Crippen LogP contribution in [-0.4, -0.2) is 14.2 Å². The van der Waals surface area contributed by atoms with E-state index in [1.54, 1.807) is 25.6 Å². The smallest absolute Gasteiger partial charge is 0.127 e. The molecule has 0 amide bonds. The van der Waals surface area contributed by atoms with Crippen molar-refractivity contribution in [2.24, 2.45) is 0 Å². The predicted octanol–water partition coefficient (Wildman–Crippen LogP) is 0.0591. The Morgan fingerprint density at radius 1 is 1.11 bits per heavy atom. The summed E-state index contributed by atoms with van der Waals surface area (Å²) in [5, 5.41) is 5.49. The Hall–Kier alpha value is -1.23. The van der Waals surface area contributed by atoms with Crippen LogP contribution < -0.4 is 27.2 Å². The van der Waals surface area contributed by atoms with Crippen LogP contribution in [0.4, 0.5) is 0 Å². The molecule has 5 heteroatoms. The van der Waals surface area contributed by atoms with Crippen molar-refractivity contribution in [1.29, 1.82) is 0 Å². The van der Waals surface area contributed by atoms with Crippen molar-refractivity contribution >= 4 is 11.3 Å². The molecular formula is C14H17ClNO2S-. The second-order valence-corrected chi connectivity index (χ2v) is 4.89. The highest BCUT2D eigenvalue weighted by molar-refractivity contribution is 7.09. The van der Waals surface area contributed by atoms with Crippen molar-refractivity contribution in [3.05, 3.63) is 46.2 Å². The summed E-state index contributed by atoms with van der Waals surface area (Å²) in [7, 11) is 3.33. The van der Waals surface area contributed by atoms with E-state index in [0.29, 0.717) is 0 Å². The van der Waals surface area contributed by atoms with Crippen LogP contribution in [0.1, 0.15) is 10.4 Å². The van der Waals surface area contributed by atoms with E-state index in [2.05, 4.69) is 22.8 Å². The highest BCUT2D eigenvalue weighted by Gasteiger charge is 2.04. The molecule has 3 nitrogen and oxygen atoms in total. The van der Waals surface area contributed by atoms with Crippen molar-refractivity contribution in [3.8, 4) is 11.5 Å². The van der Waals surface area contributed by atoms with Gasteiger partial charge in [0.25, 0.3) is 0 Å². The zero-order chi connectivity index (χ0) is 12.8. The average molecular weight is 299 g/mol. The summed E-state index contributed by atoms with van der Waals surface area (Å²) in [5.74, 6) is 1.67. The first-order valence-corrected chi connectivity index (χ1v) is 6.65. The standard InChI is InChI=1S/C14H17NO2S.ClH/c1-16-12-6-5-11(14(8-12)17-2)9-15-10-13-4-3-7-18-13;/h3-8,15H,9-10H2,1-2H3;1H/p-1. The number of hydrogen-bond acceptors (Lipinski definition) is 4. The van der Waals surface area contributed by atoms with E-state index in [-0.39, 0.29) is 12.4 Å². The van der Waals surface area contributed by atoms with Crippen LogP contribution in [0.2, 0.25) is 0 Å². The first kappa shape index (κ1) is 15.8. The summed E-state index contributed by atoms with van der Waals surface area (Å²) in [5.41, 5.74) is 1.13. The Kier molecular flexibility index (Phi) is 6.70. The van der Waals surface area contributed by atoms with E-state index in [9.17, 15) is 0 Å². The monoisotopic (exact) mass is 298 g/mol. The first-order chi connectivity index (χ1) is 8.83. The molecule has 0 aliphatic rings. The first-order valence-electron chi connectivity index (χ1n) is 5.77. The lowest BCUT2D eigenvalue weighted by atomic mass is 10.2. The minimum Gasteiger partial charge on any atom is -1.00 e. The third-order valence-corrected chi connectivity index (χ3v) is 3.57. The van der Waals surface area contributed by atoms with Crippen molar-refractivity contribution in [1.82, 2.24) is 5.32 Å². The average Bonchev–Trinajstić information content (AvgIpc) is 2.92. The fraction of sp³-hybridized carbons (Fsp3) is 0.286. The predicted molar refractivity (Wildman–Crippen MR) is 74.4 cm³/mol. The van der Waals surface area contributed by atoms with Crippen molar-refractivity contribution in [2.45, 2.75) is 13.1 Å². The third kappa shape index (κ3) is 4.42. The Morgan fingerprint density at radius 2 is 1.95 bits per heavy atom. The molecule has 0 fully saturated rings. The summed E-state index contributed by atoms with van der Waals surface area (Å²) in [4.78, 5) is 1.34. The zero-order valence-electron chi connectivity index (χ0n) is 11.0. The van der Waals surface area contributed by atoms with Gasteiger partial charge in [-0.05, 0) is 17.5 Å². The topological polar surface area (TPSA) is 30.5 Å². The third-order valence-electron chi connectivity index (χ3n) is 2.69. The number of halogens is 1. The summed E-state index contributed by atoms with van der Waals surface area (Å²) < 4.78 is 10.5. The molecular weight excluding hydrogens is 282 g/mol. The quantitative estimate of drug-likeness (QED) is 0.818. The number of rotatable bonds is 6. The summed E-state index contributed by atoms with van der Waals surface area (Å²) in [6.45, 7) is 1.66. The van der Waals surface area contributed by atoms with Crippen LogP contribution in [0.3, 0.4) is 0 Å². The van der Waals surface area contributed by atoms with Gasteiger partial charge in [0, 0.05) is 29.6 Å². The second-order valence-electron chi connectivity index (χ2n) is 3.86. The molecule has 19 heavy (non-hydrogen) atoms. The van der Waals surface area contributed by atoms with E-state index >= 15 is 0 Å². The van der Waals surface area contributed by atoms with Crippen molar-refractivity contribution < 1.29 is 21.9 Å². The summed E-state index contributed by atoms with van der Waals surface area (Å²) in [6.07, 6.45) is 0. The van der Waals surface area contributed by atoms with Crippen LogP contribution in [0.25, 0.3) is 0 Å². The number of nitrogens with one attached hydrogen (secondary N) is 1. The molecule has 2 aromatic rings. The summed E-state index contributed by atoms with van der Waals surface area (Å²) in [6, 6.07) is 10.1. The van der Waals surface area contributed by atoms with Crippen LogP contribution in [0.5, 0.6) is 11.5 Å². The van der Waals surface area contributed by atoms with E-state index in [0.717, 1.165) is 30.2 Å². The van der Waals surface area contributed by atoms with E-state index in [4.69, 9.17) is 9.47 Å². The highest BCUT2D eigenvalue weighted by atomic mass is 35.5. The van der Waals surface area contributed by atoms with Crippen molar-refractivity contribution in [2.75, 3.05) is 14.2 Å². The number of hydrogen-bond donors (Lipinski definition) is 1. The fourth-order valence-electron chi connectivity index (χ4n) is 1.73. The molecule has 0 atom stereocenters.